The van der Waals surface area contributed by atoms with Crippen LogP contribution in [0.15, 0.2) is 41.2 Å². The minimum Gasteiger partial charge on any atom is -0.324 e. The Morgan fingerprint density at radius 2 is 1.65 bits per heavy atom. The molecule has 0 radical (unpaired) electrons. The smallest absolute Gasteiger partial charge is 0.251 e. The summed E-state index contributed by atoms with van der Waals surface area (Å²) in [5.41, 5.74) is 3.45. The molecule has 0 saturated heterocycles. The Labute approximate surface area is 118 Å². The highest BCUT2D eigenvalue weighted by atomic mass is 16.2. The number of rotatable bonds is 3. The van der Waals surface area contributed by atoms with E-state index < -0.39 is 0 Å². The zero-order valence-electron chi connectivity index (χ0n) is 11.9. The third-order valence-electron chi connectivity index (χ3n) is 3.32. The van der Waals surface area contributed by atoms with E-state index in [1.165, 1.54) is 10.6 Å². The highest BCUT2D eigenvalue weighted by molar-refractivity contribution is 5.92. The molecule has 4 heteroatoms. The first-order valence-corrected chi connectivity index (χ1v) is 6.51. The van der Waals surface area contributed by atoms with Gasteiger partial charge in [-0.3, -0.25) is 9.59 Å². The highest BCUT2D eigenvalue weighted by Crippen LogP contribution is 2.19. The van der Waals surface area contributed by atoms with Crippen molar-refractivity contribution in [2.24, 2.45) is 0 Å². The topological polar surface area (TPSA) is 51.1 Å². The van der Waals surface area contributed by atoms with Crippen LogP contribution >= 0.6 is 0 Å². The molecule has 0 fully saturated rings. The van der Waals surface area contributed by atoms with Crippen molar-refractivity contribution in [2.45, 2.75) is 27.3 Å². The molecule has 0 bridgehead atoms. The van der Waals surface area contributed by atoms with E-state index in [0.29, 0.717) is 0 Å². The molecule has 0 aliphatic carbocycles. The molecule has 0 saturated carbocycles. The van der Waals surface area contributed by atoms with Gasteiger partial charge in [-0.25, -0.2) is 0 Å². The average Bonchev–Trinajstić information content (AvgIpc) is 2.39. The van der Waals surface area contributed by atoms with Gasteiger partial charge in [0.2, 0.25) is 5.91 Å². The van der Waals surface area contributed by atoms with E-state index in [2.05, 4.69) is 5.32 Å². The lowest BCUT2D eigenvalue weighted by Crippen LogP contribution is -2.28. The molecule has 20 heavy (non-hydrogen) atoms. The van der Waals surface area contributed by atoms with Crippen LogP contribution < -0.4 is 10.9 Å². The van der Waals surface area contributed by atoms with Gasteiger partial charge in [0, 0.05) is 17.4 Å². The van der Waals surface area contributed by atoms with Gasteiger partial charge < -0.3 is 9.88 Å². The van der Waals surface area contributed by atoms with Gasteiger partial charge in [0.1, 0.15) is 6.54 Å². The third kappa shape index (κ3) is 2.96. The van der Waals surface area contributed by atoms with Gasteiger partial charge in [-0.15, -0.1) is 0 Å². The van der Waals surface area contributed by atoms with Crippen LogP contribution in [0.25, 0.3) is 0 Å². The monoisotopic (exact) mass is 270 g/mol. The maximum absolute atomic E-state index is 12.1. The fourth-order valence-electron chi connectivity index (χ4n) is 2.16. The van der Waals surface area contributed by atoms with Gasteiger partial charge in [-0.05, 0) is 38.0 Å². The molecule has 0 spiro atoms. The Hall–Kier alpha value is -2.36. The molecule has 0 aliphatic rings. The van der Waals surface area contributed by atoms with Crippen LogP contribution in [-0.2, 0) is 11.3 Å². The Morgan fingerprint density at radius 1 is 1.05 bits per heavy atom. The van der Waals surface area contributed by atoms with Crippen molar-refractivity contribution in [3.05, 3.63) is 63.6 Å². The number of nitrogens with one attached hydrogen (secondary N) is 1. The number of benzene rings is 1. The Morgan fingerprint density at radius 3 is 2.25 bits per heavy atom. The Kier molecular flexibility index (Phi) is 4.03. The molecule has 1 amide bonds. The predicted octanol–water partition coefficient (Wildman–Crippen LogP) is 2.41. The number of para-hydroxylation sites is 1. The van der Waals surface area contributed by atoms with E-state index in [1.54, 1.807) is 6.07 Å². The lowest BCUT2D eigenvalue weighted by atomic mass is 10.1. The van der Waals surface area contributed by atoms with Gasteiger partial charge in [0.15, 0.2) is 0 Å². The summed E-state index contributed by atoms with van der Waals surface area (Å²) in [5, 5.41) is 2.88. The van der Waals surface area contributed by atoms with E-state index in [9.17, 15) is 9.59 Å². The van der Waals surface area contributed by atoms with Gasteiger partial charge in [0.05, 0.1) is 0 Å². The van der Waals surface area contributed by atoms with Gasteiger partial charge in [-0.1, -0.05) is 24.3 Å². The number of hydrogen-bond acceptors (Lipinski definition) is 2. The fourth-order valence-corrected chi connectivity index (χ4v) is 2.16. The number of hydrogen-bond donors (Lipinski definition) is 1. The lowest BCUT2D eigenvalue weighted by molar-refractivity contribution is -0.116. The quantitative estimate of drug-likeness (QED) is 0.931. The number of aryl methyl sites for hydroxylation is 3. The first-order chi connectivity index (χ1) is 9.49. The summed E-state index contributed by atoms with van der Waals surface area (Å²) in [6.45, 7) is 5.73. The van der Waals surface area contributed by atoms with E-state index in [-0.39, 0.29) is 18.0 Å². The number of nitrogens with zero attached hydrogens (tertiary/aromatic N) is 1. The number of carbonyl (C=O) groups excluding carboxylic acids is 1. The van der Waals surface area contributed by atoms with E-state index >= 15 is 0 Å². The lowest BCUT2D eigenvalue weighted by Gasteiger charge is -2.13. The van der Waals surface area contributed by atoms with Crippen LogP contribution in [0, 0.1) is 20.8 Å². The second kappa shape index (κ2) is 5.74. The molecule has 1 heterocycles. The first kappa shape index (κ1) is 14.1. The van der Waals surface area contributed by atoms with Gasteiger partial charge >= 0.3 is 0 Å². The largest absolute Gasteiger partial charge is 0.324 e. The molecule has 1 aromatic carbocycles. The molecule has 0 unspecified atom stereocenters. The van der Waals surface area contributed by atoms with Crippen LogP contribution in [0.2, 0.25) is 0 Å². The van der Waals surface area contributed by atoms with Crippen molar-refractivity contribution in [1.29, 1.82) is 0 Å². The minimum atomic E-state index is -0.196. The molecule has 1 N–H and O–H groups in total. The SMILES string of the molecule is Cc1cccc(C)c1NC(=O)Cn1c(C)cccc1=O. The number of amides is 1. The molecule has 104 valence electrons. The van der Waals surface area contributed by atoms with Crippen molar-refractivity contribution >= 4 is 11.6 Å². The third-order valence-corrected chi connectivity index (χ3v) is 3.32. The Bertz CT molecular complexity index is 682. The number of pyridine rings is 1. The maximum Gasteiger partial charge on any atom is 0.251 e. The van der Waals surface area contributed by atoms with Crippen LogP contribution in [0.4, 0.5) is 5.69 Å². The second-order valence-electron chi connectivity index (χ2n) is 4.91. The van der Waals surface area contributed by atoms with E-state index in [1.807, 2.05) is 45.0 Å². The highest BCUT2D eigenvalue weighted by Gasteiger charge is 2.09. The molecular formula is C16H18N2O2. The summed E-state index contributed by atoms with van der Waals surface area (Å²) >= 11 is 0. The second-order valence-corrected chi connectivity index (χ2v) is 4.91. The molecule has 0 atom stereocenters. The van der Waals surface area contributed by atoms with Gasteiger partial charge in [0.25, 0.3) is 5.56 Å². The molecular weight excluding hydrogens is 252 g/mol. The van der Waals surface area contributed by atoms with Crippen molar-refractivity contribution in [1.82, 2.24) is 4.57 Å². The van der Waals surface area contributed by atoms with Crippen molar-refractivity contribution in [3.63, 3.8) is 0 Å². The Balaban J connectivity index is 2.20. The normalized spacial score (nSPS) is 10.3. The first-order valence-electron chi connectivity index (χ1n) is 6.51. The predicted molar refractivity (Wildman–Crippen MR) is 80.0 cm³/mol. The van der Waals surface area contributed by atoms with Crippen LogP contribution in [-0.4, -0.2) is 10.5 Å². The molecule has 1 aromatic heterocycles. The fraction of sp³-hybridized carbons (Fsp3) is 0.250. The number of anilines is 1. The summed E-state index contributed by atoms with van der Waals surface area (Å²) in [5.74, 6) is -0.196. The van der Waals surface area contributed by atoms with E-state index in [4.69, 9.17) is 0 Å². The summed E-state index contributed by atoms with van der Waals surface area (Å²) in [7, 11) is 0. The van der Waals surface area contributed by atoms with E-state index in [0.717, 1.165) is 22.5 Å². The average molecular weight is 270 g/mol. The number of carbonyl (C=O) groups is 1. The summed E-state index contributed by atoms with van der Waals surface area (Å²) in [6.07, 6.45) is 0. The zero-order chi connectivity index (χ0) is 14.7. The van der Waals surface area contributed by atoms with Crippen LogP contribution in [0.5, 0.6) is 0 Å². The molecule has 2 rings (SSSR count). The number of aromatic nitrogens is 1. The van der Waals surface area contributed by atoms with Crippen molar-refractivity contribution in [3.8, 4) is 0 Å². The van der Waals surface area contributed by atoms with Gasteiger partial charge in [-0.2, -0.15) is 0 Å². The molecule has 4 nitrogen and oxygen atoms in total. The molecule has 2 aromatic rings. The van der Waals surface area contributed by atoms with Crippen LogP contribution in [0.3, 0.4) is 0 Å². The summed E-state index contributed by atoms with van der Waals surface area (Å²) < 4.78 is 1.46. The summed E-state index contributed by atoms with van der Waals surface area (Å²) in [4.78, 5) is 23.9. The standard InChI is InChI=1S/C16H18N2O2/c1-11-6-4-7-12(2)16(11)17-14(19)10-18-13(3)8-5-9-15(18)20/h4-9H,10H2,1-3H3,(H,17,19). The maximum atomic E-state index is 12.1. The summed E-state index contributed by atoms with van der Waals surface area (Å²) in [6, 6.07) is 10.8. The zero-order valence-corrected chi connectivity index (χ0v) is 11.9. The van der Waals surface area contributed by atoms with Crippen molar-refractivity contribution in [2.75, 3.05) is 5.32 Å². The molecule has 0 aliphatic heterocycles. The minimum absolute atomic E-state index is 0.0271. The van der Waals surface area contributed by atoms with Crippen LogP contribution in [0.1, 0.15) is 16.8 Å². The van der Waals surface area contributed by atoms with Crippen molar-refractivity contribution < 1.29 is 4.79 Å².